The maximum absolute atomic E-state index is 13.6. The third-order valence-corrected chi connectivity index (χ3v) is 5.30. The van der Waals surface area contributed by atoms with Crippen LogP contribution < -0.4 is 5.32 Å². The molecule has 0 aromatic heterocycles. The normalized spacial score (nSPS) is 24.6. The molecule has 1 aliphatic heterocycles. The van der Waals surface area contributed by atoms with Gasteiger partial charge in [-0.05, 0) is 47.7 Å². The number of rotatable bonds is 1. The molecule has 0 saturated carbocycles. The quantitative estimate of drug-likeness (QED) is 0.459. The zero-order valence-electron chi connectivity index (χ0n) is 12.9. The highest BCUT2D eigenvalue weighted by atomic mass is 35.5. The van der Waals surface area contributed by atoms with Crippen molar-refractivity contribution in [2.45, 2.75) is 24.6 Å². The third-order valence-electron chi connectivity index (χ3n) is 4.98. The molecular formula is C19H14ClF4N. The molecule has 0 saturated heterocycles. The fourth-order valence-corrected chi connectivity index (χ4v) is 4.17. The molecule has 0 unspecified atom stereocenters. The lowest BCUT2D eigenvalue weighted by molar-refractivity contribution is -0.138. The topological polar surface area (TPSA) is 12.0 Å². The van der Waals surface area contributed by atoms with E-state index in [1.807, 2.05) is 12.2 Å². The van der Waals surface area contributed by atoms with Crippen molar-refractivity contribution in [1.29, 1.82) is 0 Å². The lowest BCUT2D eigenvalue weighted by Crippen LogP contribution is -2.31. The molecule has 1 aliphatic carbocycles. The summed E-state index contributed by atoms with van der Waals surface area (Å²) in [6.07, 6.45) is -0.132. The van der Waals surface area contributed by atoms with Gasteiger partial charge in [-0.25, -0.2) is 4.39 Å². The Bertz CT molecular complexity index is 859. The Hall–Kier alpha value is -2.01. The first-order chi connectivity index (χ1) is 11.9. The van der Waals surface area contributed by atoms with Crippen LogP contribution in [0.1, 0.15) is 35.1 Å². The lowest BCUT2D eigenvalue weighted by Gasteiger charge is -2.39. The number of nitrogens with one attached hydrogen (secondary N) is 1. The van der Waals surface area contributed by atoms with Gasteiger partial charge in [0.05, 0.1) is 22.3 Å². The first-order valence-corrected chi connectivity index (χ1v) is 8.32. The van der Waals surface area contributed by atoms with Crippen molar-refractivity contribution in [3.63, 3.8) is 0 Å². The lowest BCUT2D eigenvalue weighted by atomic mass is 9.75. The Kier molecular flexibility index (Phi) is 3.80. The zero-order chi connectivity index (χ0) is 17.8. The predicted octanol–water partition coefficient (Wildman–Crippen LogP) is 6.32. The van der Waals surface area contributed by atoms with Gasteiger partial charge < -0.3 is 5.32 Å². The third kappa shape index (κ3) is 2.71. The second-order valence-corrected chi connectivity index (χ2v) is 6.82. The van der Waals surface area contributed by atoms with Gasteiger partial charge in [0.2, 0.25) is 0 Å². The van der Waals surface area contributed by atoms with Gasteiger partial charge in [0.15, 0.2) is 0 Å². The van der Waals surface area contributed by atoms with Gasteiger partial charge in [0.25, 0.3) is 0 Å². The van der Waals surface area contributed by atoms with E-state index < -0.39 is 17.7 Å². The molecule has 0 fully saturated rings. The fraction of sp³-hybridized carbons (Fsp3) is 0.263. The van der Waals surface area contributed by atoms with Crippen LogP contribution in [0, 0.1) is 11.7 Å². The summed E-state index contributed by atoms with van der Waals surface area (Å²) < 4.78 is 54.1. The number of fused-ring (bicyclic) bond motifs is 3. The number of alkyl halides is 3. The van der Waals surface area contributed by atoms with Crippen LogP contribution in [-0.4, -0.2) is 0 Å². The first kappa shape index (κ1) is 16.5. The Morgan fingerprint density at radius 2 is 1.92 bits per heavy atom. The standard InChI is InChI=1S/C19H14ClF4N/c20-15-8-7-14(19(22,23)24)16-12-5-2-6-13(12)17(25-18(15)16)10-3-1-4-11(21)9-10/h1-5,7-9,12-13,17,25H,6H2/t12-,13+,17-/m0/s1. The molecule has 4 rings (SSSR count). The summed E-state index contributed by atoms with van der Waals surface area (Å²) in [5.74, 6) is -0.892. The first-order valence-electron chi connectivity index (χ1n) is 7.94. The Morgan fingerprint density at radius 1 is 1.12 bits per heavy atom. The molecule has 2 aliphatic rings. The van der Waals surface area contributed by atoms with E-state index in [1.165, 1.54) is 18.2 Å². The van der Waals surface area contributed by atoms with Crippen molar-refractivity contribution in [3.8, 4) is 0 Å². The van der Waals surface area contributed by atoms with Crippen molar-refractivity contribution in [1.82, 2.24) is 0 Å². The number of halogens is 5. The van der Waals surface area contributed by atoms with Crippen molar-refractivity contribution < 1.29 is 17.6 Å². The average Bonchev–Trinajstić information content (AvgIpc) is 3.03. The molecule has 0 radical (unpaired) electrons. The van der Waals surface area contributed by atoms with Crippen molar-refractivity contribution in [3.05, 3.63) is 76.1 Å². The van der Waals surface area contributed by atoms with E-state index in [0.29, 0.717) is 17.7 Å². The van der Waals surface area contributed by atoms with E-state index in [2.05, 4.69) is 5.32 Å². The Morgan fingerprint density at radius 3 is 2.64 bits per heavy atom. The molecule has 1 heterocycles. The van der Waals surface area contributed by atoms with E-state index >= 15 is 0 Å². The van der Waals surface area contributed by atoms with Crippen molar-refractivity contribution in [2.75, 3.05) is 5.32 Å². The van der Waals surface area contributed by atoms with E-state index in [1.54, 1.807) is 12.1 Å². The molecule has 0 bridgehead atoms. The molecule has 2 aromatic carbocycles. The Balaban J connectivity index is 1.88. The molecule has 1 nitrogen and oxygen atoms in total. The summed E-state index contributed by atoms with van der Waals surface area (Å²) in [5, 5.41) is 3.39. The Labute approximate surface area is 147 Å². The second kappa shape index (κ2) is 5.77. The largest absolute Gasteiger partial charge is 0.416 e. The van der Waals surface area contributed by atoms with Gasteiger partial charge in [-0.3, -0.25) is 0 Å². The van der Waals surface area contributed by atoms with E-state index in [0.717, 1.165) is 6.07 Å². The second-order valence-electron chi connectivity index (χ2n) is 6.41. The molecule has 2 aromatic rings. The predicted molar refractivity (Wildman–Crippen MR) is 89.2 cm³/mol. The molecule has 1 N–H and O–H groups in total. The van der Waals surface area contributed by atoms with Gasteiger partial charge in [0, 0.05) is 5.92 Å². The molecule has 25 heavy (non-hydrogen) atoms. The zero-order valence-corrected chi connectivity index (χ0v) is 13.7. The van der Waals surface area contributed by atoms with Crippen LogP contribution in [0.4, 0.5) is 23.2 Å². The van der Waals surface area contributed by atoms with Gasteiger partial charge in [-0.15, -0.1) is 0 Å². The summed E-state index contributed by atoms with van der Waals surface area (Å²) in [6.45, 7) is 0. The number of allylic oxidation sites excluding steroid dienone is 2. The minimum Gasteiger partial charge on any atom is -0.376 e. The highest BCUT2D eigenvalue weighted by Crippen LogP contribution is 2.54. The van der Waals surface area contributed by atoms with Crippen LogP contribution >= 0.6 is 11.6 Å². The molecule has 130 valence electrons. The number of hydrogen-bond acceptors (Lipinski definition) is 1. The number of benzene rings is 2. The van der Waals surface area contributed by atoms with Gasteiger partial charge in [-0.1, -0.05) is 35.9 Å². The molecule has 0 spiro atoms. The number of hydrogen-bond donors (Lipinski definition) is 1. The highest BCUT2D eigenvalue weighted by Gasteiger charge is 2.44. The number of anilines is 1. The van der Waals surface area contributed by atoms with Gasteiger partial charge in [-0.2, -0.15) is 13.2 Å². The van der Waals surface area contributed by atoms with Gasteiger partial charge >= 0.3 is 6.18 Å². The molecular weight excluding hydrogens is 354 g/mol. The summed E-state index contributed by atoms with van der Waals surface area (Å²) in [5.41, 5.74) is 0.515. The summed E-state index contributed by atoms with van der Waals surface area (Å²) in [6, 6.07) is 8.14. The van der Waals surface area contributed by atoms with Crippen LogP contribution in [0.2, 0.25) is 5.02 Å². The monoisotopic (exact) mass is 367 g/mol. The smallest absolute Gasteiger partial charge is 0.376 e. The fourth-order valence-electron chi connectivity index (χ4n) is 3.95. The summed E-state index contributed by atoms with van der Waals surface area (Å²) in [4.78, 5) is 0. The molecule has 0 amide bonds. The maximum atomic E-state index is 13.6. The van der Waals surface area contributed by atoms with Crippen molar-refractivity contribution in [2.24, 2.45) is 5.92 Å². The summed E-state index contributed by atoms with van der Waals surface area (Å²) >= 11 is 6.21. The van der Waals surface area contributed by atoms with E-state index in [4.69, 9.17) is 11.6 Å². The van der Waals surface area contributed by atoms with Crippen LogP contribution in [0.25, 0.3) is 0 Å². The van der Waals surface area contributed by atoms with Crippen LogP contribution in [-0.2, 0) is 6.18 Å². The minimum absolute atomic E-state index is 0.117. The van der Waals surface area contributed by atoms with Gasteiger partial charge in [0.1, 0.15) is 5.82 Å². The SMILES string of the molecule is Fc1cccc([C@@H]2Nc3c(Cl)ccc(C(F)(F)F)c3[C@H]3C=CC[C@H]32)c1. The van der Waals surface area contributed by atoms with Crippen LogP contribution in [0.3, 0.4) is 0 Å². The van der Waals surface area contributed by atoms with Crippen molar-refractivity contribution >= 4 is 17.3 Å². The molecule has 3 atom stereocenters. The molecule has 6 heteroatoms. The summed E-state index contributed by atoms with van der Waals surface area (Å²) in [7, 11) is 0. The van der Waals surface area contributed by atoms with Crippen LogP contribution in [0.5, 0.6) is 0 Å². The van der Waals surface area contributed by atoms with Crippen LogP contribution in [0.15, 0.2) is 48.6 Å². The minimum atomic E-state index is -4.46. The highest BCUT2D eigenvalue weighted by molar-refractivity contribution is 6.33. The van der Waals surface area contributed by atoms with E-state index in [9.17, 15) is 17.6 Å². The average molecular weight is 368 g/mol. The van der Waals surface area contributed by atoms with E-state index in [-0.39, 0.29) is 28.4 Å². The maximum Gasteiger partial charge on any atom is 0.416 e.